The number of benzene rings is 2. The molecule has 0 atom stereocenters. The largest absolute Gasteiger partial charge is 0.506 e. The van der Waals surface area contributed by atoms with Gasteiger partial charge >= 0.3 is 0 Å². The lowest BCUT2D eigenvalue weighted by Crippen LogP contribution is -1.76. The highest BCUT2D eigenvalue weighted by Crippen LogP contribution is 2.20. The highest BCUT2D eigenvalue weighted by atomic mass is 79.9. The van der Waals surface area contributed by atoms with E-state index in [1.165, 1.54) is 0 Å². The molecule has 2 nitrogen and oxygen atoms in total. The molecule has 0 unspecified atom stereocenters. The second kappa shape index (κ2) is 6.17. The molecular weight excluding hydrogens is 290 g/mol. The number of nitrogens with zero attached hydrogens (tertiary/aromatic N) is 1. The van der Waals surface area contributed by atoms with Crippen LogP contribution < -0.4 is 0 Å². The summed E-state index contributed by atoms with van der Waals surface area (Å²) in [5, 5.41) is 10.3. The molecule has 18 heavy (non-hydrogen) atoms. The molecule has 0 saturated carbocycles. The normalized spacial score (nSPS) is 9.61. The lowest BCUT2D eigenvalue weighted by atomic mass is 10.2. The van der Waals surface area contributed by atoms with Gasteiger partial charge in [0.05, 0.1) is 0 Å². The number of phenolic OH excluding ortho intramolecular Hbond substituents is 1. The van der Waals surface area contributed by atoms with E-state index in [-0.39, 0.29) is 5.75 Å². The number of halogens is 1. The molecule has 1 aromatic heterocycles. The second-order valence-electron chi connectivity index (χ2n) is 3.65. The molecule has 0 saturated heterocycles. The average molecular weight is 302 g/mol. The van der Waals surface area contributed by atoms with Gasteiger partial charge in [0.2, 0.25) is 0 Å². The van der Waals surface area contributed by atoms with Gasteiger partial charge < -0.3 is 5.11 Å². The first-order valence-corrected chi connectivity index (χ1v) is 6.30. The minimum Gasteiger partial charge on any atom is -0.506 e. The Kier molecular flexibility index (Phi) is 4.31. The predicted molar refractivity (Wildman–Crippen MR) is 77.5 cm³/mol. The Morgan fingerprint density at radius 2 is 1.56 bits per heavy atom. The van der Waals surface area contributed by atoms with Crippen molar-refractivity contribution >= 4 is 26.8 Å². The van der Waals surface area contributed by atoms with Gasteiger partial charge in [0, 0.05) is 16.1 Å². The Hall–Kier alpha value is -1.87. The fourth-order valence-corrected chi connectivity index (χ4v) is 1.81. The van der Waals surface area contributed by atoms with Gasteiger partial charge in [-0.1, -0.05) is 52.3 Å². The average Bonchev–Trinajstić information content (AvgIpc) is 2.41. The third-order valence-corrected chi connectivity index (χ3v) is 2.87. The molecule has 0 fully saturated rings. The first-order valence-electron chi connectivity index (χ1n) is 5.50. The van der Waals surface area contributed by atoms with Crippen molar-refractivity contribution in [3.05, 3.63) is 71.3 Å². The van der Waals surface area contributed by atoms with Crippen LogP contribution in [0.5, 0.6) is 5.75 Å². The van der Waals surface area contributed by atoms with Crippen molar-refractivity contribution in [2.75, 3.05) is 0 Å². The Bertz CT molecular complexity index is 620. The number of para-hydroxylation sites is 1. The van der Waals surface area contributed by atoms with Gasteiger partial charge in [0.15, 0.2) is 0 Å². The number of fused-ring (bicyclic) bond motifs is 1. The van der Waals surface area contributed by atoms with Crippen LogP contribution in [0, 0.1) is 0 Å². The van der Waals surface area contributed by atoms with Gasteiger partial charge in [-0.25, -0.2) is 0 Å². The highest BCUT2D eigenvalue weighted by Gasteiger charge is 1.96. The molecule has 1 heterocycles. The summed E-state index contributed by atoms with van der Waals surface area (Å²) in [4.78, 5) is 4.03. The van der Waals surface area contributed by atoms with E-state index < -0.39 is 0 Å². The molecule has 2 aromatic carbocycles. The summed E-state index contributed by atoms with van der Waals surface area (Å²) in [5.41, 5.74) is 0.662. The van der Waals surface area contributed by atoms with Gasteiger partial charge in [-0.15, -0.1) is 0 Å². The molecule has 0 aliphatic rings. The summed E-state index contributed by atoms with van der Waals surface area (Å²) in [7, 11) is 0. The molecule has 0 amide bonds. The monoisotopic (exact) mass is 301 g/mol. The minimum atomic E-state index is 0.239. The first kappa shape index (κ1) is 12.6. The zero-order chi connectivity index (χ0) is 12.8. The van der Waals surface area contributed by atoms with Crippen LogP contribution in [0.2, 0.25) is 0 Å². The maximum absolute atomic E-state index is 9.31. The molecule has 0 radical (unpaired) electrons. The van der Waals surface area contributed by atoms with Gasteiger partial charge in [-0.05, 0) is 24.3 Å². The van der Waals surface area contributed by atoms with Crippen LogP contribution in [-0.2, 0) is 0 Å². The number of phenols is 1. The Morgan fingerprint density at radius 1 is 0.833 bits per heavy atom. The molecule has 1 N–H and O–H groups in total. The van der Waals surface area contributed by atoms with E-state index in [2.05, 4.69) is 20.9 Å². The van der Waals surface area contributed by atoms with Crippen molar-refractivity contribution in [3.63, 3.8) is 0 Å². The summed E-state index contributed by atoms with van der Waals surface area (Å²) in [6.45, 7) is 0. The number of hydrogen-bond donors (Lipinski definition) is 1. The van der Waals surface area contributed by atoms with Crippen LogP contribution in [0.15, 0.2) is 71.3 Å². The maximum Gasteiger partial charge on any atom is 0.141 e. The van der Waals surface area contributed by atoms with E-state index in [4.69, 9.17) is 0 Å². The number of hydrogen-bond acceptors (Lipinski definition) is 2. The Morgan fingerprint density at radius 3 is 2.17 bits per heavy atom. The number of pyridine rings is 1. The zero-order valence-corrected chi connectivity index (χ0v) is 11.2. The lowest BCUT2D eigenvalue weighted by Gasteiger charge is -1.96. The van der Waals surface area contributed by atoms with Gasteiger partial charge in [-0.3, -0.25) is 4.98 Å². The molecule has 0 spiro atoms. The SMILES string of the molecule is Brc1ccccc1.Oc1cccc2cccnc12. The van der Waals surface area contributed by atoms with Gasteiger partial charge in [-0.2, -0.15) is 0 Å². The third-order valence-electron chi connectivity index (χ3n) is 2.34. The van der Waals surface area contributed by atoms with Gasteiger partial charge in [0.25, 0.3) is 0 Å². The van der Waals surface area contributed by atoms with E-state index >= 15 is 0 Å². The van der Waals surface area contributed by atoms with Crippen molar-refractivity contribution in [1.29, 1.82) is 0 Å². The maximum atomic E-state index is 9.31. The predicted octanol–water partition coefficient (Wildman–Crippen LogP) is 4.39. The molecular formula is C15H12BrNO. The van der Waals surface area contributed by atoms with Crippen LogP contribution >= 0.6 is 15.9 Å². The molecule has 0 aliphatic heterocycles. The first-order chi connectivity index (χ1) is 8.77. The summed E-state index contributed by atoms with van der Waals surface area (Å²) < 4.78 is 1.13. The molecule has 3 rings (SSSR count). The van der Waals surface area contributed by atoms with E-state index in [9.17, 15) is 5.11 Å². The summed E-state index contributed by atoms with van der Waals surface area (Å²) in [6.07, 6.45) is 1.67. The number of aromatic nitrogens is 1. The van der Waals surface area contributed by atoms with E-state index in [0.29, 0.717) is 5.52 Å². The highest BCUT2D eigenvalue weighted by molar-refractivity contribution is 9.10. The molecule has 90 valence electrons. The quantitative estimate of drug-likeness (QED) is 0.668. The summed E-state index contributed by atoms with van der Waals surface area (Å²) in [5.74, 6) is 0.239. The molecule has 3 aromatic rings. The van der Waals surface area contributed by atoms with Crippen LogP contribution in [0.4, 0.5) is 0 Å². The summed E-state index contributed by atoms with van der Waals surface area (Å²) in [6, 6.07) is 19.1. The standard InChI is InChI=1S/C9H7NO.C6H5Br/c11-8-5-1-3-7-4-2-6-10-9(7)8;7-6-4-2-1-3-5-6/h1-6,11H;1-5H. The summed E-state index contributed by atoms with van der Waals surface area (Å²) >= 11 is 3.31. The van der Waals surface area contributed by atoms with Crippen molar-refractivity contribution in [1.82, 2.24) is 4.98 Å². The van der Waals surface area contributed by atoms with E-state index in [1.54, 1.807) is 18.3 Å². The van der Waals surface area contributed by atoms with Crippen LogP contribution in [0.25, 0.3) is 10.9 Å². The fourth-order valence-electron chi connectivity index (χ4n) is 1.50. The van der Waals surface area contributed by atoms with Crippen molar-refractivity contribution in [2.24, 2.45) is 0 Å². The minimum absolute atomic E-state index is 0.239. The Labute approximate surface area is 114 Å². The van der Waals surface area contributed by atoms with Crippen molar-refractivity contribution in [3.8, 4) is 5.75 Å². The fraction of sp³-hybridized carbons (Fsp3) is 0. The topological polar surface area (TPSA) is 33.1 Å². The van der Waals surface area contributed by atoms with Crippen LogP contribution in [-0.4, -0.2) is 10.1 Å². The van der Waals surface area contributed by atoms with E-state index in [0.717, 1.165) is 9.86 Å². The van der Waals surface area contributed by atoms with Gasteiger partial charge in [0.1, 0.15) is 11.3 Å². The second-order valence-corrected chi connectivity index (χ2v) is 4.56. The van der Waals surface area contributed by atoms with Crippen molar-refractivity contribution < 1.29 is 5.11 Å². The third kappa shape index (κ3) is 3.31. The Balaban J connectivity index is 0.000000149. The lowest BCUT2D eigenvalue weighted by molar-refractivity contribution is 0.480. The van der Waals surface area contributed by atoms with Crippen molar-refractivity contribution in [2.45, 2.75) is 0 Å². The molecule has 3 heteroatoms. The molecule has 0 aliphatic carbocycles. The van der Waals surface area contributed by atoms with Crippen LogP contribution in [0.3, 0.4) is 0 Å². The number of aromatic hydroxyl groups is 1. The smallest absolute Gasteiger partial charge is 0.141 e. The number of rotatable bonds is 0. The van der Waals surface area contributed by atoms with Crippen LogP contribution in [0.1, 0.15) is 0 Å². The zero-order valence-electron chi connectivity index (χ0n) is 9.62. The van der Waals surface area contributed by atoms with E-state index in [1.807, 2.05) is 48.5 Å². The molecule has 0 bridgehead atoms.